The minimum Gasteiger partial charge on any atom is -0.467 e. The molecule has 2 aromatic heterocycles. The summed E-state index contributed by atoms with van der Waals surface area (Å²) in [5.74, 6) is 0.801. The SMILES string of the molecule is Cc1ccc(C(=O)N(CCc2cscn2)Cc2ccco2)cc1C. The summed E-state index contributed by atoms with van der Waals surface area (Å²) in [5.41, 5.74) is 5.85. The van der Waals surface area contributed by atoms with Crippen LogP contribution in [-0.2, 0) is 13.0 Å². The molecule has 2 heterocycles. The number of rotatable bonds is 6. The number of thiazole rings is 1. The van der Waals surface area contributed by atoms with Crippen molar-refractivity contribution in [2.24, 2.45) is 0 Å². The smallest absolute Gasteiger partial charge is 0.254 e. The Labute approximate surface area is 145 Å². The van der Waals surface area contributed by atoms with E-state index in [1.54, 1.807) is 17.6 Å². The summed E-state index contributed by atoms with van der Waals surface area (Å²) in [6, 6.07) is 9.57. The maximum Gasteiger partial charge on any atom is 0.254 e. The van der Waals surface area contributed by atoms with E-state index < -0.39 is 0 Å². The first-order valence-corrected chi connectivity index (χ1v) is 8.84. The highest BCUT2D eigenvalue weighted by atomic mass is 32.1. The van der Waals surface area contributed by atoms with Crippen LogP contribution in [0.15, 0.2) is 51.9 Å². The number of aryl methyl sites for hydroxylation is 2. The van der Waals surface area contributed by atoms with E-state index in [0.29, 0.717) is 18.7 Å². The van der Waals surface area contributed by atoms with Gasteiger partial charge in [0, 0.05) is 23.9 Å². The third-order valence-electron chi connectivity index (χ3n) is 4.09. The van der Waals surface area contributed by atoms with Crippen molar-refractivity contribution in [2.75, 3.05) is 6.54 Å². The molecule has 0 radical (unpaired) electrons. The lowest BCUT2D eigenvalue weighted by Gasteiger charge is -2.22. The predicted octanol–water partition coefficient (Wildman–Crippen LogP) is 4.24. The van der Waals surface area contributed by atoms with Crippen molar-refractivity contribution >= 4 is 17.2 Å². The number of hydrogen-bond acceptors (Lipinski definition) is 4. The summed E-state index contributed by atoms with van der Waals surface area (Å²) >= 11 is 1.57. The largest absolute Gasteiger partial charge is 0.467 e. The fraction of sp³-hybridized carbons (Fsp3) is 0.263. The van der Waals surface area contributed by atoms with Crippen LogP contribution in [0.5, 0.6) is 0 Å². The van der Waals surface area contributed by atoms with Crippen LogP contribution in [0.4, 0.5) is 0 Å². The molecule has 0 saturated carbocycles. The number of nitrogens with zero attached hydrogens (tertiary/aromatic N) is 2. The molecule has 24 heavy (non-hydrogen) atoms. The Balaban J connectivity index is 1.79. The van der Waals surface area contributed by atoms with Gasteiger partial charge in [0.15, 0.2) is 0 Å². The highest BCUT2D eigenvalue weighted by Gasteiger charge is 2.18. The molecule has 0 saturated heterocycles. The van der Waals surface area contributed by atoms with Gasteiger partial charge < -0.3 is 9.32 Å². The first-order chi connectivity index (χ1) is 11.6. The molecule has 0 N–H and O–H groups in total. The lowest BCUT2D eigenvalue weighted by molar-refractivity contribution is 0.0733. The number of carbonyl (C=O) groups excluding carboxylic acids is 1. The van der Waals surface area contributed by atoms with E-state index in [-0.39, 0.29) is 5.91 Å². The number of benzene rings is 1. The van der Waals surface area contributed by atoms with Gasteiger partial charge in [0.05, 0.1) is 24.0 Å². The van der Waals surface area contributed by atoms with Gasteiger partial charge in [0.2, 0.25) is 0 Å². The van der Waals surface area contributed by atoms with Crippen LogP contribution in [-0.4, -0.2) is 22.3 Å². The molecule has 4 nitrogen and oxygen atoms in total. The molecule has 0 aliphatic heterocycles. The van der Waals surface area contributed by atoms with Gasteiger partial charge in [0.25, 0.3) is 5.91 Å². The average molecular weight is 340 g/mol. The van der Waals surface area contributed by atoms with E-state index in [4.69, 9.17) is 4.42 Å². The molecule has 0 atom stereocenters. The number of amides is 1. The molecule has 5 heteroatoms. The van der Waals surface area contributed by atoms with Gasteiger partial charge in [-0.3, -0.25) is 4.79 Å². The zero-order valence-corrected chi connectivity index (χ0v) is 14.7. The standard InChI is InChI=1S/C19H20N2O2S/c1-14-5-6-16(10-15(14)2)19(22)21(11-18-4-3-9-23-18)8-7-17-12-24-13-20-17/h3-6,9-10,12-13H,7-8,11H2,1-2H3. The number of hydrogen-bond donors (Lipinski definition) is 0. The van der Waals surface area contributed by atoms with Gasteiger partial charge in [-0.2, -0.15) is 0 Å². The van der Waals surface area contributed by atoms with Gasteiger partial charge in [-0.15, -0.1) is 11.3 Å². The second-order valence-electron chi connectivity index (χ2n) is 5.83. The molecule has 1 amide bonds. The molecular weight excluding hydrogens is 320 g/mol. The molecule has 1 aromatic carbocycles. The zero-order chi connectivity index (χ0) is 16.9. The van der Waals surface area contributed by atoms with Gasteiger partial charge in [-0.25, -0.2) is 4.98 Å². The summed E-state index contributed by atoms with van der Waals surface area (Å²) in [4.78, 5) is 19.1. The summed E-state index contributed by atoms with van der Waals surface area (Å²) in [5, 5.41) is 2.02. The Bertz CT molecular complexity index is 795. The van der Waals surface area contributed by atoms with E-state index in [1.807, 2.05) is 60.0 Å². The summed E-state index contributed by atoms with van der Waals surface area (Å²) in [7, 11) is 0. The van der Waals surface area contributed by atoms with Crippen molar-refractivity contribution in [3.8, 4) is 0 Å². The van der Waals surface area contributed by atoms with Crippen molar-refractivity contribution < 1.29 is 9.21 Å². The molecular formula is C19H20N2O2S. The molecule has 3 rings (SSSR count). The van der Waals surface area contributed by atoms with E-state index in [1.165, 1.54) is 5.56 Å². The monoisotopic (exact) mass is 340 g/mol. The van der Waals surface area contributed by atoms with Crippen LogP contribution in [0.25, 0.3) is 0 Å². The molecule has 124 valence electrons. The van der Waals surface area contributed by atoms with Gasteiger partial charge >= 0.3 is 0 Å². The van der Waals surface area contributed by atoms with Crippen LogP contribution < -0.4 is 0 Å². The van der Waals surface area contributed by atoms with E-state index in [0.717, 1.165) is 23.4 Å². The van der Waals surface area contributed by atoms with Gasteiger partial charge in [-0.05, 0) is 49.2 Å². The topological polar surface area (TPSA) is 46.3 Å². The van der Waals surface area contributed by atoms with Crippen LogP contribution in [0.2, 0.25) is 0 Å². The van der Waals surface area contributed by atoms with Gasteiger partial charge in [0.1, 0.15) is 5.76 Å². The quantitative estimate of drug-likeness (QED) is 0.674. The van der Waals surface area contributed by atoms with Crippen LogP contribution in [0.3, 0.4) is 0 Å². The minimum absolute atomic E-state index is 0.0183. The van der Waals surface area contributed by atoms with Crippen LogP contribution in [0, 0.1) is 13.8 Å². The molecule has 0 bridgehead atoms. The molecule has 0 spiro atoms. The van der Waals surface area contributed by atoms with Crippen LogP contribution in [0.1, 0.15) is 32.9 Å². The number of carbonyl (C=O) groups is 1. The molecule has 3 aromatic rings. The summed E-state index contributed by atoms with van der Waals surface area (Å²) < 4.78 is 5.42. The first kappa shape index (κ1) is 16.5. The Kier molecular flexibility index (Phi) is 5.11. The number of aromatic nitrogens is 1. The van der Waals surface area contributed by atoms with Gasteiger partial charge in [-0.1, -0.05) is 6.07 Å². The van der Waals surface area contributed by atoms with Crippen molar-refractivity contribution in [1.82, 2.24) is 9.88 Å². The Morgan fingerprint density at radius 2 is 2.12 bits per heavy atom. The predicted molar refractivity (Wildman–Crippen MR) is 95.2 cm³/mol. The second-order valence-corrected chi connectivity index (χ2v) is 6.55. The summed E-state index contributed by atoms with van der Waals surface area (Å²) in [6.07, 6.45) is 2.37. The Hall–Kier alpha value is -2.40. The highest BCUT2D eigenvalue weighted by Crippen LogP contribution is 2.15. The molecule has 0 fully saturated rings. The lowest BCUT2D eigenvalue weighted by atomic mass is 10.1. The van der Waals surface area contributed by atoms with E-state index >= 15 is 0 Å². The van der Waals surface area contributed by atoms with Crippen molar-refractivity contribution in [3.63, 3.8) is 0 Å². The third-order valence-corrected chi connectivity index (χ3v) is 4.72. The lowest BCUT2D eigenvalue weighted by Crippen LogP contribution is -2.32. The van der Waals surface area contributed by atoms with Crippen molar-refractivity contribution in [3.05, 3.63) is 75.6 Å². The third kappa shape index (κ3) is 3.92. The Morgan fingerprint density at radius 3 is 2.79 bits per heavy atom. The fourth-order valence-electron chi connectivity index (χ4n) is 2.51. The van der Waals surface area contributed by atoms with E-state index in [2.05, 4.69) is 4.98 Å². The summed E-state index contributed by atoms with van der Waals surface area (Å²) in [6.45, 7) is 5.14. The average Bonchev–Trinajstić information content (AvgIpc) is 3.26. The van der Waals surface area contributed by atoms with Crippen molar-refractivity contribution in [1.29, 1.82) is 0 Å². The zero-order valence-electron chi connectivity index (χ0n) is 13.9. The van der Waals surface area contributed by atoms with Crippen LogP contribution >= 0.6 is 11.3 Å². The molecule has 0 aliphatic carbocycles. The fourth-order valence-corrected chi connectivity index (χ4v) is 3.10. The maximum atomic E-state index is 13.0. The van der Waals surface area contributed by atoms with Crippen molar-refractivity contribution in [2.45, 2.75) is 26.8 Å². The molecule has 0 unspecified atom stereocenters. The number of furan rings is 1. The maximum absolute atomic E-state index is 13.0. The first-order valence-electron chi connectivity index (χ1n) is 7.89. The minimum atomic E-state index is 0.0183. The highest BCUT2D eigenvalue weighted by molar-refractivity contribution is 7.07. The molecule has 0 aliphatic rings. The normalized spacial score (nSPS) is 10.8. The van der Waals surface area contributed by atoms with E-state index in [9.17, 15) is 4.79 Å². The Morgan fingerprint density at radius 1 is 1.25 bits per heavy atom. The second kappa shape index (κ2) is 7.45.